The van der Waals surface area contributed by atoms with Gasteiger partial charge in [-0.15, -0.1) is 0 Å². The second-order valence-corrected chi connectivity index (χ2v) is 8.72. The molecule has 2 bridgehead atoms. The van der Waals surface area contributed by atoms with E-state index in [1.807, 2.05) is 12.1 Å². The van der Waals surface area contributed by atoms with Gasteiger partial charge in [-0.05, 0) is 0 Å². The number of carbonyl (C=O) groups excluding carboxylic acids is 1. The number of morpholine rings is 1. The van der Waals surface area contributed by atoms with Crippen molar-refractivity contribution in [3.63, 3.8) is 0 Å². The number of piperidine rings is 1. The molecule has 146 valence electrons. The molecule has 4 unspecified atom stereocenters. The first-order valence-electron chi connectivity index (χ1n) is 9.92. The number of likely N-dealkylation sites (N-methyl/N-ethyl adjacent to an activating group) is 1. The van der Waals surface area contributed by atoms with Crippen LogP contribution in [0.1, 0.15) is 24.0 Å². The predicted octanol–water partition coefficient (Wildman–Crippen LogP) is 3.20. The van der Waals surface area contributed by atoms with Crippen LogP contribution in [0.4, 0.5) is 4.39 Å². The Labute approximate surface area is 164 Å². The number of quaternary nitrogens is 1. The summed E-state index contributed by atoms with van der Waals surface area (Å²) in [6.07, 6.45) is 1.70. The van der Waals surface area contributed by atoms with E-state index in [1.165, 1.54) is 0 Å². The summed E-state index contributed by atoms with van der Waals surface area (Å²) >= 11 is 0. The summed E-state index contributed by atoms with van der Waals surface area (Å²) in [7, 11) is 4.44. The molecule has 3 aliphatic heterocycles. The summed E-state index contributed by atoms with van der Waals surface area (Å²) in [6, 6.07) is 17.8. The van der Waals surface area contributed by atoms with Gasteiger partial charge in [0, 0.05) is 24.0 Å². The maximum atomic E-state index is 16.3. The topological polar surface area (TPSA) is 38.8 Å². The van der Waals surface area contributed by atoms with Crippen molar-refractivity contribution in [1.82, 2.24) is 0 Å². The number of esters is 1. The number of carbonyl (C=O) groups is 1. The average molecular weight is 382 g/mol. The SMILES string of the molecule is C[N+]1(C)C2CC(OC(=O)C(F)(c3ccccc3)c3ccccc3)CC1C1OC12. The number of halogens is 1. The van der Waals surface area contributed by atoms with E-state index in [0.29, 0.717) is 23.2 Å². The molecule has 0 aliphatic carbocycles. The number of rotatable bonds is 4. The highest BCUT2D eigenvalue weighted by Crippen LogP contribution is 2.52. The Morgan fingerprint density at radius 1 is 0.964 bits per heavy atom. The molecule has 3 saturated heterocycles. The lowest BCUT2D eigenvalue weighted by atomic mass is 9.88. The Morgan fingerprint density at radius 3 is 1.89 bits per heavy atom. The summed E-state index contributed by atoms with van der Waals surface area (Å²) in [5, 5.41) is 0. The molecule has 2 aromatic carbocycles. The Kier molecular flexibility index (Phi) is 3.90. The molecule has 0 amide bonds. The quantitative estimate of drug-likeness (QED) is 0.463. The van der Waals surface area contributed by atoms with Gasteiger partial charge in [0.15, 0.2) is 0 Å². The van der Waals surface area contributed by atoms with Crippen LogP contribution in [0, 0.1) is 0 Å². The van der Waals surface area contributed by atoms with E-state index in [0.717, 1.165) is 17.3 Å². The maximum absolute atomic E-state index is 16.3. The highest BCUT2D eigenvalue weighted by molar-refractivity contribution is 5.85. The highest BCUT2D eigenvalue weighted by Gasteiger charge is 2.71. The van der Waals surface area contributed by atoms with Gasteiger partial charge in [-0.25, -0.2) is 9.18 Å². The van der Waals surface area contributed by atoms with Crippen molar-refractivity contribution in [3.8, 4) is 0 Å². The van der Waals surface area contributed by atoms with Gasteiger partial charge in [-0.2, -0.15) is 0 Å². The summed E-state index contributed by atoms with van der Waals surface area (Å²) in [5.41, 5.74) is -1.72. The highest BCUT2D eigenvalue weighted by atomic mass is 19.1. The largest absolute Gasteiger partial charge is 0.459 e. The molecule has 3 fully saturated rings. The molecule has 5 rings (SSSR count). The van der Waals surface area contributed by atoms with E-state index in [-0.39, 0.29) is 18.3 Å². The molecule has 4 atom stereocenters. The monoisotopic (exact) mass is 382 g/mol. The molecule has 0 aromatic heterocycles. The van der Waals surface area contributed by atoms with Crippen LogP contribution in [-0.2, 0) is 19.9 Å². The predicted molar refractivity (Wildman–Crippen MR) is 102 cm³/mol. The molecule has 0 N–H and O–H groups in total. The van der Waals surface area contributed by atoms with Gasteiger partial charge >= 0.3 is 5.97 Å². The Morgan fingerprint density at radius 2 is 1.43 bits per heavy atom. The summed E-state index contributed by atoms with van der Waals surface area (Å²) in [5.74, 6) is -0.823. The molecule has 2 aromatic rings. The number of epoxide rings is 1. The summed E-state index contributed by atoms with van der Waals surface area (Å²) < 4.78 is 28.9. The van der Waals surface area contributed by atoms with E-state index in [1.54, 1.807) is 48.5 Å². The fraction of sp³-hybridized carbons (Fsp3) is 0.435. The smallest absolute Gasteiger partial charge is 0.353 e. The molecule has 5 heteroatoms. The minimum absolute atomic E-state index is 0.266. The Bertz CT molecular complexity index is 826. The molecular weight excluding hydrogens is 357 g/mol. The second-order valence-electron chi connectivity index (χ2n) is 8.72. The van der Waals surface area contributed by atoms with Crippen molar-refractivity contribution in [1.29, 1.82) is 0 Å². The van der Waals surface area contributed by atoms with E-state index < -0.39 is 11.6 Å². The van der Waals surface area contributed by atoms with Crippen molar-refractivity contribution < 1.29 is 23.1 Å². The van der Waals surface area contributed by atoms with Crippen molar-refractivity contribution in [2.75, 3.05) is 14.1 Å². The van der Waals surface area contributed by atoms with Crippen LogP contribution in [0.3, 0.4) is 0 Å². The van der Waals surface area contributed by atoms with Gasteiger partial charge in [-0.3, -0.25) is 0 Å². The lowest BCUT2D eigenvalue weighted by Gasteiger charge is -2.45. The van der Waals surface area contributed by atoms with Crippen LogP contribution in [0.15, 0.2) is 60.7 Å². The van der Waals surface area contributed by atoms with E-state index in [9.17, 15) is 4.79 Å². The molecule has 3 aliphatic rings. The minimum atomic E-state index is -2.32. The lowest BCUT2D eigenvalue weighted by molar-refractivity contribution is -0.938. The fourth-order valence-corrected chi connectivity index (χ4v) is 5.27. The minimum Gasteiger partial charge on any atom is -0.459 e. The van der Waals surface area contributed by atoms with Gasteiger partial charge in [0.2, 0.25) is 0 Å². The van der Waals surface area contributed by atoms with E-state index in [4.69, 9.17) is 9.47 Å². The van der Waals surface area contributed by atoms with Crippen molar-refractivity contribution in [2.24, 2.45) is 0 Å². The zero-order chi connectivity index (χ0) is 19.5. The molecule has 0 spiro atoms. The van der Waals surface area contributed by atoms with Crippen LogP contribution < -0.4 is 0 Å². The first-order valence-corrected chi connectivity index (χ1v) is 9.92. The average Bonchev–Trinajstić information content (AvgIpc) is 3.47. The van der Waals surface area contributed by atoms with E-state index in [2.05, 4.69) is 14.1 Å². The number of fused-ring (bicyclic) bond motifs is 5. The third-order valence-electron chi connectivity index (χ3n) is 6.94. The number of ether oxygens (including phenoxy) is 2. The third-order valence-corrected chi connectivity index (χ3v) is 6.94. The Balaban J connectivity index is 1.42. The zero-order valence-corrected chi connectivity index (χ0v) is 16.1. The first-order chi connectivity index (χ1) is 13.4. The fourth-order valence-electron chi connectivity index (χ4n) is 5.27. The second kappa shape index (κ2) is 6.13. The lowest BCUT2D eigenvalue weighted by Crippen LogP contribution is -2.60. The van der Waals surface area contributed by atoms with Crippen molar-refractivity contribution in [3.05, 3.63) is 71.8 Å². The number of hydrogen-bond acceptors (Lipinski definition) is 3. The first kappa shape index (κ1) is 17.8. The molecule has 0 radical (unpaired) electrons. The molecular formula is C23H25FNO3+. The van der Waals surface area contributed by atoms with Crippen LogP contribution >= 0.6 is 0 Å². The van der Waals surface area contributed by atoms with Crippen molar-refractivity contribution in [2.45, 2.75) is 48.9 Å². The summed E-state index contributed by atoms with van der Waals surface area (Å²) in [6.45, 7) is 0. The van der Waals surface area contributed by atoms with E-state index >= 15 is 4.39 Å². The van der Waals surface area contributed by atoms with Crippen molar-refractivity contribution >= 4 is 5.97 Å². The molecule has 0 saturated carbocycles. The van der Waals surface area contributed by atoms with Crippen LogP contribution in [0.2, 0.25) is 0 Å². The number of alkyl halides is 1. The van der Waals surface area contributed by atoms with Gasteiger partial charge in [0.05, 0.1) is 14.1 Å². The van der Waals surface area contributed by atoms with Gasteiger partial charge < -0.3 is 14.0 Å². The normalized spacial score (nSPS) is 32.5. The van der Waals surface area contributed by atoms with Gasteiger partial charge in [0.25, 0.3) is 5.67 Å². The number of benzene rings is 2. The van der Waals surface area contributed by atoms with Gasteiger partial charge in [0.1, 0.15) is 30.4 Å². The summed E-state index contributed by atoms with van der Waals surface area (Å²) in [4.78, 5) is 13.2. The molecule has 4 nitrogen and oxygen atoms in total. The van der Waals surface area contributed by atoms with Crippen LogP contribution in [-0.4, -0.2) is 54.9 Å². The van der Waals surface area contributed by atoms with Gasteiger partial charge in [-0.1, -0.05) is 60.7 Å². The molecule has 28 heavy (non-hydrogen) atoms. The zero-order valence-electron chi connectivity index (χ0n) is 16.1. The number of hydrogen-bond donors (Lipinski definition) is 0. The maximum Gasteiger partial charge on any atom is 0.353 e. The molecule has 3 heterocycles. The standard InChI is InChI=1S/C23H25FNO3/c1-25(2)18-13-17(14-19(25)21-20(18)28-21)27-22(26)23(24,15-9-5-3-6-10-15)16-11-7-4-8-12-16/h3-12,17-21H,13-14H2,1-2H3/q+1. The third kappa shape index (κ3) is 2.53. The Hall–Kier alpha value is -2.24. The number of nitrogens with zero attached hydrogens (tertiary/aromatic N) is 1. The van der Waals surface area contributed by atoms with Crippen LogP contribution in [0.25, 0.3) is 0 Å². The van der Waals surface area contributed by atoms with Crippen LogP contribution in [0.5, 0.6) is 0 Å².